The van der Waals surface area contributed by atoms with Crippen LogP contribution in [0, 0.1) is 11.8 Å². The van der Waals surface area contributed by atoms with E-state index in [0.717, 1.165) is 0 Å². The first kappa shape index (κ1) is 10.9. The van der Waals surface area contributed by atoms with Crippen LogP contribution < -0.4 is 5.32 Å². The predicted octanol–water partition coefficient (Wildman–Crippen LogP) is 0.442. The molecule has 0 aromatic rings. The summed E-state index contributed by atoms with van der Waals surface area (Å²) in [6.07, 6.45) is 0.715. The topological polar surface area (TPSA) is 41.6 Å². The van der Waals surface area contributed by atoms with Gasteiger partial charge in [0.2, 0.25) is 0 Å². The number of ether oxygens (including phenoxy) is 1. The fourth-order valence-corrected chi connectivity index (χ4v) is 1.24. The molecule has 0 radical (unpaired) electrons. The van der Waals surface area contributed by atoms with E-state index in [0.29, 0.717) is 39.3 Å². The van der Waals surface area contributed by atoms with Gasteiger partial charge in [-0.15, -0.1) is 11.8 Å². The van der Waals surface area contributed by atoms with Gasteiger partial charge in [0.1, 0.15) is 0 Å². The molecule has 0 aliphatic carbocycles. The summed E-state index contributed by atoms with van der Waals surface area (Å²) in [6, 6.07) is -0.00815. The van der Waals surface area contributed by atoms with Crippen LogP contribution in [-0.4, -0.2) is 43.8 Å². The first-order valence-electron chi connectivity index (χ1n) is 4.84. The van der Waals surface area contributed by atoms with Crippen LogP contribution in [0.5, 0.6) is 0 Å². The van der Waals surface area contributed by atoms with Gasteiger partial charge in [0.25, 0.3) is 0 Å². The molecular weight excluding hydrogens is 180 g/mol. The van der Waals surface area contributed by atoms with Crippen molar-refractivity contribution in [3.63, 3.8) is 0 Å². The van der Waals surface area contributed by atoms with Gasteiger partial charge >= 0.3 is 6.03 Å². The summed E-state index contributed by atoms with van der Waals surface area (Å²) >= 11 is 0. The highest BCUT2D eigenvalue weighted by atomic mass is 16.5. The molecule has 1 saturated heterocycles. The number of urea groups is 1. The molecule has 0 unspecified atom stereocenters. The number of nitrogens with one attached hydrogen (secondary N) is 1. The van der Waals surface area contributed by atoms with Gasteiger partial charge in [-0.25, -0.2) is 4.79 Å². The largest absolute Gasteiger partial charge is 0.378 e. The molecule has 1 fully saturated rings. The zero-order valence-corrected chi connectivity index (χ0v) is 8.51. The Morgan fingerprint density at radius 2 is 2.21 bits per heavy atom. The van der Waals surface area contributed by atoms with Crippen molar-refractivity contribution >= 4 is 6.03 Å². The van der Waals surface area contributed by atoms with Gasteiger partial charge in [0, 0.05) is 26.1 Å². The van der Waals surface area contributed by atoms with Crippen molar-refractivity contribution in [3.05, 3.63) is 0 Å². The number of carbonyl (C=O) groups excluding carboxylic acids is 1. The Morgan fingerprint density at radius 3 is 2.86 bits per heavy atom. The number of rotatable bonds is 2. The molecule has 0 saturated carbocycles. The molecule has 1 N–H and O–H groups in total. The lowest BCUT2D eigenvalue weighted by molar-refractivity contribution is 0.0533. The highest BCUT2D eigenvalue weighted by molar-refractivity contribution is 5.74. The van der Waals surface area contributed by atoms with E-state index < -0.39 is 0 Å². The summed E-state index contributed by atoms with van der Waals surface area (Å²) in [5.74, 6) is 5.68. The lowest BCUT2D eigenvalue weighted by Gasteiger charge is -2.26. The third kappa shape index (κ3) is 3.67. The Hall–Kier alpha value is -1.21. The molecule has 2 amide bonds. The Kier molecular flexibility index (Phi) is 4.87. The average Bonchev–Trinajstić information content (AvgIpc) is 2.25. The minimum absolute atomic E-state index is 0.00815. The van der Waals surface area contributed by atoms with Gasteiger partial charge in [-0.3, -0.25) is 0 Å². The van der Waals surface area contributed by atoms with Gasteiger partial charge in [0.15, 0.2) is 0 Å². The Balaban J connectivity index is 2.15. The number of nitrogens with zero attached hydrogens (tertiary/aromatic N) is 1. The van der Waals surface area contributed by atoms with Crippen molar-refractivity contribution in [2.45, 2.75) is 13.3 Å². The standard InChI is InChI=1S/C10H16N2O2/c1-2-3-4-5-11-10(13)12-6-8-14-9-7-12/h4-9H2,1H3,(H,11,13). The summed E-state index contributed by atoms with van der Waals surface area (Å²) in [7, 11) is 0. The SMILES string of the molecule is CC#CCCNC(=O)N1CCOCC1. The van der Waals surface area contributed by atoms with Crippen LogP contribution >= 0.6 is 0 Å². The summed E-state index contributed by atoms with van der Waals surface area (Å²) in [4.78, 5) is 13.2. The van der Waals surface area contributed by atoms with Crippen molar-refractivity contribution in [3.8, 4) is 11.8 Å². The Bertz CT molecular complexity index is 236. The number of carbonyl (C=O) groups is 1. The summed E-state index contributed by atoms with van der Waals surface area (Å²) in [5.41, 5.74) is 0. The van der Waals surface area contributed by atoms with E-state index >= 15 is 0 Å². The maximum absolute atomic E-state index is 11.5. The van der Waals surface area contributed by atoms with E-state index in [-0.39, 0.29) is 6.03 Å². The van der Waals surface area contributed by atoms with Gasteiger partial charge in [-0.05, 0) is 6.92 Å². The number of hydrogen-bond acceptors (Lipinski definition) is 2. The van der Waals surface area contributed by atoms with E-state index in [9.17, 15) is 4.79 Å². The maximum atomic E-state index is 11.5. The lowest BCUT2D eigenvalue weighted by Crippen LogP contribution is -2.46. The molecule has 0 aromatic carbocycles. The minimum atomic E-state index is -0.00815. The molecule has 78 valence electrons. The molecule has 0 atom stereocenters. The smallest absolute Gasteiger partial charge is 0.317 e. The molecule has 14 heavy (non-hydrogen) atoms. The zero-order chi connectivity index (χ0) is 10.2. The average molecular weight is 196 g/mol. The Labute approximate surface area is 84.6 Å². The van der Waals surface area contributed by atoms with E-state index in [1.165, 1.54) is 0 Å². The second kappa shape index (κ2) is 6.28. The molecule has 0 bridgehead atoms. The van der Waals surface area contributed by atoms with Crippen LogP contribution in [0.4, 0.5) is 4.79 Å². The number of amides is 2. The third-order valence-corrected chi connectivity index (χ3v) is 2.00. The summed E-state index contributed by atoms with van der Waals surface area (Å²) < 4.78 is 5.15. The second-order valence-corrected chi connectivity index (χ2v) is 3.01. The first-order chi connectivity index (χ1) is 6.84. The molecule has 1 heterocycles. The van der Waals surface area contributed by atoms with Gasteiger partial charge < -0.3 is 15.0 Å². The van der Waals surface area contributed by atoms with Crippen LogP contribution in [0.25, 0.3) is 0 Å². The fraction of sp³-hybridized carbons (Fsp3) is 0.700. The molecule has 1 rings (SSSR count). The van der Waals surface area contributed by atoms with E-state index in [2.05, 4.69) is 17.2 Å². The molecule has 4 heteroatoms. The number of morpholine rings is 1. The van der Waals surface area contributed by atoms with Crippen molar-refractivity contribution in [1.82, 2.24) is 10.2 Å². The van der Waals surface area contributed by atoms with Gasteiger partial charge in [-0.1, -0.05) is 0 Å². The van der Waals surface area contributed by atoms with E-state index in [4.69, 9.17) is 4.74 Å². The molecule has 4 nitrogen and oxygen atoms in total. The maximum Gasteiger partial charge on any atom is 0.317 e. The predicted molar refractivity (Wildman–Crippen MR) is 53.9 cm³/mol. The summed E-state index contributed by atoms with van der Waals surface area (Å²) in [6.45, 7) is 5.07. The lowest BCUT2D eigenvalue weighted by atomic mass is 10.4. The molecule has 1 aliphatic rings. The van der Waals surface area contributed by atoms with Crippen LogP contribution in [0.1, 0.15) is 13.3 Å². The van der Waals surface area contributed by atoms with Crippen molar-refractivity contribution in [2.24, 2.45) is 0 Å². The van der Waals surface area contributed by atoms with E-state index in [1.54, 1.807) is 11.8 Å². The molecule has 0 spiro atoms. The van der Waals surface area contributed by atoms with Crippen LogP contribution in [0.15, 0.2) is 0 Å². The van der Waals surface area contributed by atoms with Crippen LogP contribution in [-0.2, 0) is 4.74 Å². The van der Waals surface area contributed by atoms with Crippen LogP contribution in [0.3, 0.4) is 0 Å². The van der Waals surface area contributed by atoms with Gasteiger partial charge in [0.05, 0.1) is 13.2 Å². The number of hydrogen-bond donors (Lipinski definition) is 1. The van der Waals surface area contributed by atoms with E-state index in [1.807, 2.05) is 0 Å². The van der Waals surface area contributed by atoms with Crippen LogP contribution in [0.2, 0.25) is 0 Å². The quantitative estimate of drug-likeness (QED) is 0.514. The van der Waals surface area contributed by atoms with Crippen molar-refractivity contribution in [2.75, 3.05) is 32.8 Å². The molecular formula is C10H16N2O2. The fourth-order valence-electron chi connectivity index (χ4n) is 1.24. The van der Waals surface area contributed by atoms with Crippen molar-refractivity contribution < 1.29 is 9.53 Å². The monoisotopic (exact) mass is 196 g/mol. The highest BCUT2D eigenvalue weighted by Crippen LogP contribution is 1.96. The van der Waals surface area contributed by atoms with Crippen molar-refractivity contribution in [1.29, 1.82) is 0 Å². The highest BCUT2D eigenvalue weighted by Gasteiger charge is 2.15. The normalized spacial score (nSPS) is 15.6. The minimum Gasteiger partial charge on any atom is -0.378 e. The summed E-state index contributed by atoms with van der Waals surface area (Å²) in [5, 5.41) is 2.82. The molecule has 0 aromatic heterocycles. The first-order valence-corrected chi connectivity index (χ1v) is 4.84. The second-order valence-electron chi connectivity index (χ2n) is 3.01. The Morgan fingerprint density at radius 1 is 1.50 bits per heavy atom. The van der Waals surface area contributed by atoms with Gasteiger partial charge in [-0.2, -0.15) is 0 Å². The molecule has 1 aliphatic heterocycles. The zero-order valence-electron chi connectivity index (χ0n) is 8.51. The third-order valence-electron chi connectivity index (χ3n) is 2.00.